The molecule has 0 bridgehead atoms. The van der Waals surface area contributed by atoms with Crippen LogP contribution in [0.5, 0.6) is 0 Å². The number of rotatable bonds is 3. The monoisotopic (exact) mass is 302 g/mol. The van der Waals surface area contributed by atoms with Crippen LogP contribution in [0.4, 0.5) is 0 Å². The minimum Gasteiger partial charge on any atom is -0.300 e. The first-order chi connectivity index (χ1) is 8.77. The smallest absolute Gasteiger partial charge is 0.294 e. The van der Waals surface area contributed by atoms with Crippen molar-refractivity contribution in [2.75, 3.05) is 0 Å². The summed E-state index contributed by atoms with van der Waals surface area (Å²) >= 11 is 5.95. The molecule has 0 aliphatic rings. The van der Waals surface area contributed by atoms with Gasteiger partial charge in [-0.3, -0.25) is 14.4 Å². The summed E-state index contributed by atoms with van der Waals surface area (Å²) < 4.78 is 32.4. The van der Waals surface area contributed by atoms with Gasteiger partial charge < -0.3 is 0 Å². The molecule has 0 aliphatic carbocycles. The zero-order valence-electron chi connectivity index (χ0n) is 9.92. The first kappa shape index (κ1) is 13.9. The van der Waals surface area contributed by atoms with Gasteiger partial charge in [0.2, 0.25) is 0 Å². The molecule has 0 unspecified atom stereocenters. The number of benzene rings is 1. The lowest BCUT2D eigenvalue weighted by Crippen LogP contribution is -2.17. The van der Waals surface area contributed by atoms with Gasteiger partial charge in [0.15, 0.2) is 0 Å². The average molecular weight is 303 g/mol. The van der Waals surface area contributed by atoms with E-state index in [1.165, 1.54) is 28.9 Å². The Morgan fingerprint density at radius 1 is 1.37 bits per heavy atom. The molecule has 1 heterocycles. The summed E-state index contributed by atoms with van der Waals surface area (Å²) in [6.07, 6.45) is 0. The Kier molecular flexibility index (Phi) is 3.53. The van der Waals surface area contributed by atoms with Crippen LogP contribution < -0.4 is 5.56 Å². The van der Waals surface area contributed by atoms with Crippen LogP contribution >= 0.6 is 11.6 Å². The molecule has 1 aromatic heterocycles. The molecule has 2 N–H and O–H groups in total. The highest BCUT2D eigenvalue weighted by molar-refractivity contribution is 7.85. The fourth-order valence-electron chi connectivity index (χ4n) is 1.68. The van der Waals surface area contributed by atoms with E-state index in [9.17, 15) is 13.2 Å². The van der Waals surface area contributed by atoms with Gasteiger partial charge in [-0.25, -0.2) is 4.68 Å². The lowest BCUT2D eigenvalue weighted by molar-refractivity contribution is 0.483. The standard InChI is InChI=1S/C11H11ClN2O4S/c1-7-4-11(15)14(13-7)6-8-5-9(19(16,17)18)2-3-10(8)12/h2-5,13H,6H2,1H3,(H,16,17,18). The Hall–Kier alpha value is -1.57. The van der Waals surface area contributed by atoms with Crippen molar-refractivity contribution in [3.63, 3.8) is 0 Å². The van der Waals surface area contributed by atoms with Crippen molar-refractivity contribution in [1.29, 1.82) is 0 Å². The van der Waals surface area contributed by atoms with E-state index in [-0.39, 0.29) is 17.0 Å². The summed E-state index contributed by atoms with van der Waals surface area (Å²) in [4.78, 5) is 11.3. The molecule has 0 aliphatic heterocycles. The zero-order valence-corrected chi connectivity index (χ0v) is 11.5. The number of H-pyrrole nitrogens is 1. The molecule has 6 nitrogen and oxygen atoms in total. The lowest BCUT2D eigenvalue weighted by atomic mass is 10.2. The van der Waals surface area contributed by atoms with E-state index in [1.54, 1.807) is 6.92 Å². The summed E-state index contributed by atoms with van der Waals surface area (Å²) in [6, 6.07) is 5.21. The minimum absolute atomic E-state index is 0.0921. The molecule has 0 radical (unpaired) electrons. The largest absolute Gasteiger partial charge is 0.300 e. The second-order valence-corrected chi connectivity index (χ2v) is 5.92. The van der Waals surface area contributed by atoms with Crippen molar-refractivity contribution in [3.8, 4) is 0 Å². The van der Waals surface area contributed by atoms with Crippen LogP contribution in [0.2, 0.25) is 5.02 Å². The maximum atomic E-state index is 11.6. The third-order valence-corrected chi connectivity index (χ3v) is 3.78. The number of hydrogen-bond acceptors (Lipinski definition) is 3. The minimum atomic E-state index is -4.30. The molecule has 2 aromatic rings. The second-order valence-electron chi connectivity index (χ2n) is 4.09. The van der Waals surface area contributed by atoms with Crippen molar-refractivity contribution in [2.24, 2.45) is 0 Å². The number of aryl methyl sites for hydroxylation is 1. The normalized spacial score (nSPS) is 11.7. The molecule has 19 heavy (non-hydrogen) atoms. The van der Waals surface area contributed by atoms with E-state index in [0.29, 0.717) is 16.3 Å². The van der Waals surface area contributed by atoms with E-state index >= 15 is 0 Å². The highest BCUT2D eigenvalue weighted by Crippen LogP contribution is 2.20. The Bertz CT molecular complexity index is 776. The van der Waals surface area contributed by atoms with Gasteiger partial charge in [0.05, 0.1) is 11.4 Å². The molecule has 0 fully saturated rings. The van der Waals surface area contributed by atoms with Crippen LogP contribution in [0.25, 0.3) is 0 Å². The van der Waals surface area contributed by atoms with Crippen molar-refractivity contribution >= 4 is 21.7 Å². The molecule has 102 valence electrons. The highest BCUT2D eigenvalue weighted by atomic mass is 35.5. The van der Waals surface area contributed by atoms with Gasteiger partial charge in [-0.2, -0.15) is 8.42 Å². The molecule has 0 amide bonds. The topological polar surface area (TPSA) is 92.2 Å². The third kappa shape index (κ3) is 3.06. The van der Waals surface area contributed by atoms with Crippen LogP contribution in [-0.2, 0) is 16.7 Å². The van der Waals surface area contributed by atoms with Gasteiger partial charge >= 0.3 is 0 Å². The Labute approximate surface area is 114 Å². The van der Waals surface area contributed by atoms with Crippen molar-refractivity contribution in [3.05, 3.63) is 50.9 Å². The molecule has 0 saturated carbocycles. The molecule has 8 heteroatoms. The van der Waals surface area contributed by atoms with E-state index in [0.717, 1.165) is 0 Å². The van der Waals surface area contributed by atoms with Crippen LogP contribution in [-0.4, -0.2) is 22.8 Å². The van der Waals surface area contributed by atoms with Gasteiger partial charge in [-0.15, -0.1) is 0 Å². The number of nitrogens with one attached hydrogen (secondary N) is 1. The highest BCUT2D eigenvalue weighted by Gasteiger charge is 2.13. The predicted octanol–water partition coefficient (Wildman–Crippen LogP) is 1.43. The lowest BCUT2D eigenvalue weighted by Gasteiger charge is -2.07. The summed E-state index contributed by atoms with van der Waals surface area (Å²) in [5.41, 5.74) is 0.860. The number of hydrogen-bond donors (Lipinski definition) is 2. The summed E-state index contributed by atoms with van der Waals surface area (Å²) in [6.45, 7) is 1.82. The number of nitrogens with zero attached hydrogens (tertiary/aromatic N) is 1. The molecular formula is C11H11ClN2O4S. The quantitative estimate of drug-likeness (QED) is 0.839. The van der Waals surface area contributed by atoms with Crippen LogP contribution in [0.15, 0.2) is 34.0 Å². The van der Waals surface area contributed by atoms with Crippen molar-refractivity contribution < 1.29 is 13.0 Å². The summed E-state index contributed by atoms with van der Waals surface area (Å²) in [7, 11) is -4.30. The molecule has 0 spiro atoms. The van der Waals surface area contributed by atoms with E-state index in [1.807, 2.05) is 0 Å². The third-order valence-electron chi connectivity index (χ3n) is 2.56. The van der Waals surface area contributed by atoms with E-state index < -0.39 is 10.1 Å². The van der Waals surface area contributed by atoms with Crippen LogP contribution in [0.1, 0.15) is 11.3 Å². The van der Waals surface area contributed by atoms with Gasteiger partial charge in [0.25, 0.3) is 15.7 Å². The van der Waals surface area contributed by atoms with Crippen molar-refractivity contribution in [2.45, 2.75) is 18.4 Å². The molecule has 2 rings (SSSR count). The number of aromatic nitrogens is 2. The SMILES string of the molecule is Cc1cc(=O)n(Cc2cc(S(=O)(=O)O)ccc2Cl)[nH]1. The summed E-state index contributed by atoms with van der Waals surface area (Å²) in [5.74, 6) is 0. The Morgan fingerprint density at radius 3 is 2.58 bits per heavy atom. The number of aromatic amines is 1. The van der Waals surface area contributed by atoms with Crippen LogP contribution in [0.3, 0.4) is 0 Å². The first-order valence-corrected chi connectivity index (χ1v) is 7.11. The van der Waals surface area contributed by atoms with Gasteiger partial charge in [-0.05, 0) is 30.7 Å². The van der Waals surface area contributed by atoms with Crippen molar-refractivity contribution in [1.82, 2.24) is 9.78 Å². The second kappa shape index (κ2) is 4.84. The Balaban J connectivity index is 2.45. The molecule has 1 aromatic carbocycles. The molecule has 0 atom stereocenters. The van der Waals surface area contributed by atoms with Gasteiger partial charge in [0, 0.05) is 16.8 Å². The van der Waals surface area contributed by atoms with E-state index in [4.69, 9.17) is 16.2 Å². The maximum Gasteiger partial charge on any atom is 0.294 e. The predicted molar refractivity (Wildman–Crippen MR) is 70.2 cm³/mol. The van der Waals surface area contributed by atoms with Gasteiger partial charge in [-0.1, -0.05) is 11.6 Å². The zero-order chi connectivity index (χ0) is 14.2. The van der Waals surface area contributed by atoms with Gasteiger partial charge in [0.1, 0.15) is 0 Å². The van der Waals surface area contributed by atoms with E-state index in [2.05, 4.69) is 5.10 Å². The molecular weight excluding hydrogens is 292 g/mol. The fourth-order valence-corrected chi connectivity index (χ4v) is 2.39. The first-order valence-electron chi connectivity index (χ1n) is 5.30. The summed E-state index contributed by atoms with van der Waals surface area (Å²) in [5, 5.41) is 3.12. The van der Waals surface area contributed by atoms with Crippen LogP contribution in [0, 0.1) is 6.92 Å². The molecule has 0 saturated heterocycles. The Morgan fingerprint density at radius 2 is 2.05 bits per heavy atom. The fraction of sp³-hybridized carbons (Fsp3) is 0.182. The average Bonchev–Trinajstić information content (AvgIpc) is 2.59. The maximum absolute atomic E-state index is 11.6. The number of halogens is 1.